The van der Waals surface area contributed by atoms with E-state index in [2.05, 4.69) is 304 Å². The Balaban J connectivity index is 0.000000133. The molecule has 9 nitrogen and oxygen atoms in total. The van der Waals surface area contributed by atoms with Crippen LogP contribution >= 0.6 is 11.3 Å². The lowest BCUT2D eigenvalue weighted by atomic mass is 10.0. The third-order valence-electron chi connectivity index (χ3n) is 19.2. The maximum atomic E-state index is 6.39. The van der Waals surface area contributed by atoms with Crippen molar-refractivity contribution in [2.45, 2.75) is 0 Å². The van der Waals surface area contributed by atoms with Gasteiger partial charge in [-0.3, -0.25) is 18.9 Å². The molecule has 10 heteroatoms. The number of thiophene rings is 1. The molecule has 6 aromatic heterocycles. The summed E-state index contributed by atoms with van der Waals surface area (Å²) in [6.45, 7) is 0. The average molecular weight is 1270 g/mol. The van der Waals surface area contributed by atoms with Crippen LogP contribution in [0.4, 0.5) is 34.4 Å². The van der Waals surface area contributed by atoms with Gasteiger partial charge in [-0.2, -0.15) is 0 Å². The van der Waals surface area contributed by atoms with Crippen molar-refractivity contribution in [1.82, 2.24) is 29.1 Å². The predicted octanol–water partition coefficient (Wildman–Crippen LogP) is 23.8. The summed E-state index contributed by atoms with van der Waals surface area (Å²) >= 11 is 1.76. The Morgan fingerprint density at radius 1 is 0.306 bits per heavy atom. The van der Waals surface area contributed by atoms with Crippen molar-refractivity contribution < 1.29 is 4.42 Å². The maximum Gasteiger partial charge on any atom is 0.180 e. The highest BCUT2D eigenvalue weighted by molar-refractivity contribution is 7.26. The fourth-order valence-electron chi connectivity index (χ4n) is 14.9. The molecule has 0 radical (unpaired) electrons. The Morgan fingerprint density at radius 3 is 1.45 bits per heavy atom. The van der Waals surface area contributed by atoms with Crippen LogP contribution < -0.4 is 9.80 Å². The standard InChI is InChI=1S/C46H28N4O.C42H26N4S/c1-2-14-30(15-3-1)42-45-43(37-21-8-11-24-40(37)51-45)48-46(47-42)32-16-12-17-33(27-32)49-38-22-9-6-19-35(38)36-20-7-10-23-39(36)50-41(49)28-31-26-25-29-13-4-5-18-34(29)44(31)50;1-2-13-27(14-3-1)39-41-40(33-20-7-11-24-37(33)47-41)44-42(43-39)29-16-12-17-30(25-29)45-35-22-9-5-18-31(35)32-19-6-10-23-36(32)46-34-21-8-4-15-28(34)26-38(45)46/h1-28H;1-26H. The third-order valence-corrected chi connectivity index (χ3v) is 20.4. The Hall–Kier alpha value is -13.0. The number of rotatable bonds is 6. The number of furan rings is 1. The van der Waals surface area contributed by atoms with Crippen molar-refractivity contribution in [3.63, 3.8) is 0 Å². The largest absolute Gasteiger partial charge is 0.452 e. The molecule has 0 fully saturated rings. The van der Waals surface area contributed by atoms with Gasteiger partial charge in [0.15, 0.2) is 17.2 Å². The number of aromatic nitrogens is 6. The maximum absolute atomic E-state index is 6.39. The number of benzene rings is 13. The van der Waals surface area contributed by atoms with Crippen molar-refractivity contribution in [3.05, 3.63) is 328 Å². The summed E-state index contributed by atoms with van der Waals surface area (Å²) in [5.41, 5.74) is 22.7. The van der Waals surface area contributed by atoms with Crippen molar-refractivity contribution >= 4 is 121 Å². The summed E-state index contributed by atoms with van der Waals surface area (Å²) in [4.78, 5) is 25.7. The Bertz CT molecular complexity index is 6420. The van der Waals surface area contributed by atoms with Crippen LogP contribution in [0.25, 0.3) is 154 Å². The van der Waals surface area contributed by atoms with Gasteiger partial charge in [0.1, 0.15) is 28.4 Å². The number of nitrogens with zero attached hydrogens (tertiary/aromatic N) is 8. The van der Waals surface area contributed by atoms with Crippen LogP contribution in [0.2, 0.25) is 0 Å². The van der Waals surface area contributed by atoms with Crippen LogP contribution in [0.1, 0.15) is 0 Å². The van der Waals surface area contributed by atoms with Crippen molar-refractivity contribution in [2.75, 3.05) is 9.80 Å². The van der Waals surface area contributed by atoms with E-state index in [0.717, 1.165) is 106 Å². The van der Waals surface area contributed by atoms with E-state index in [4.69, 9.17) is 24.4 Å². The number of para-hydroxylation sites is 6. The van der Waals surface area contributed by atoms with E-state index in [0.29, 0.717) is 17.2 Å². The Morgan fingerprint density at radius 2 is 0.776 bits per heavy atom. The monoisotopic (exact) mass is 1270 g/mol. The molecule has 13 aromatic carbocycles. The quantitative estimate of drug-likeness (QED) is 0.164. The molecule has 0 aliphatic carbocycles. The molecule has 0 spiro atoms. The first kappa shape index (κ1) is 55.4. The van der Waals surface area contributed by atoms with E-state index in [1.165, 1.54) is 65.2 Å². The first-order chi connectivity index (χ1) is 48.6. The van der Waals surface area contributed by atoms with E-state index in [9.17, 15) is 0 Å². The molecule has 2 aliphatic heterocycles. The van der Waals surface area contributed by atoms with Gasteiger partial charge in [0.05, 0.1) is 49.7 Å². The normalized spacial score (nSPS) is 12.2. The van der Waals surface area contributed by atoms with Crippen LogP contribution in [-0.4, -0.2) is 29.1 Å². The molecule has 0 bridgehead atoms. The summed E-state index contributed by atoms with van der Waals surface area (Å²) in [7, 11) is 0. The lowest BCUT2D eigenvalue weighted by molar-refractivity contribution is 0.667. The van der Waals surface area contributed by atoms with Crippen LogP contribution in [0.5, 0.6) is 0 Å². The highest BCUT2D eigenvalue weighted by Crippen LogP contribution is 2.52. The molecule has 0 atom stereocenters. The molecule has 458 valence electrons. The summed E-state index contributed by atoms with van der Waals surface area (Å²) in [6.07, 6.45) is 0. The van der Waals surface area contributed by atoms with E-state index in [1.54, 1.807) is 11.3 Å². The fraction of sp³-hybridized carbons (Fsp3) is 0. The molecule has 8 heterocycles. The van der Waals surface area contributed by atoms with Crippen LogP contribution in [0.15, 0.2) is 332 Å². The minimum absolute atomic E-state index is 0.646. The van der Waals surface area contributed by atoms with Gasteiger partial charge in [0.2, 0.25) is 0 Å². The smallest absolute Gasteiger partial charge is 0.180 e. The first-order valence-electron chi connectivity index (χ1n) is 32.9. The molecule has 0 unspecified atom stereocenters. The second-order valence-corrected chi connectivity index (χ2v) is 25.9. The molecule has 21 rings (SSSR count). The molecule has 2 aliphatic rings. The van der Waals surface area contributed by atoms with Gasteiger partial charge in [0, 0.05) is 87.5 Å². The summed E-state index contributed by atoms with van der Waals surface area (Å²) in [6, 6.07) is 116. The van der Waals surface area contributed by atoms with Crippen molar-refractivity contribution in [2.24, 2.45) is 0 Å². The van der Waals surface area contributed by atoms with E-state index in [1.807, 2.05) is 42.5 Å². The zero-order chi connectivity index (χ0) is 64.4. The van der Waals surface area contributed by atoms with Crippen molar-refractivity contribution in [3.8, 4) is 78.9 Å². The fourth-order valence-corrected chi connectivity index (χ4v) is 16.0. The zero-order valence-corrected chi connectivity index (χ0v) is 53.4. The highest BCUT2D eigenvalue weighted by atomic mass is 32.1. The third kappa shape index (κ3) is 8.78. The van der Waals surface area contributed by atoms with Gasteiger partial charge in [0.25, 0.3) is 0 Å². The minimum Gasteiger partial charge on any atom is -0.452 e. The molecule has 0 saturated carbocycles. The molecule has 0 N–H and O–H groups in total. The molecular weight excluding hydrogens is 1220 g/mol. The molecular formula is C88H54N8OS. The van der Waals surface area contributed by atoms with Gasteiger partial charge in [-0.15, -0.1) is 11.3 Å². The lowest BCUT2D eigenvalue weighted by Gasteiger charge is -2.26. The molecule has 0 saturated heterocycles. The Labute approximate surface area is 566 Å². The van der Waals surface area contributed by atoms with Gasteiger partial charge in [-0.1, -0.05) is 243 Å². The molecule has 98 heavy (non-hydrogen) atoms. The second-order valence-electron chi connectivity index (χ2n) is 24.9. The average Bonchev–Trinajstić information content (AvgIpc) is 1.58. The first-order valence-corrected chi connectivity index (χ1v) is 33.8. The van der Waals surface area contributed by atoms with Gasteiger partial charge < -0.3 is 4.42 Å². The zero-order valence-electron chi connectivity index (χ0n) is 52.6. The summed E-state index contributed by atoms with van der Waals surface area (Å²) in [5, 5.41) is 6.95. The molecule has 0 amide bonds. The van der Waals surface area contributed by atoms with E-state index in [-0.39, 0.29) is 0 Å². The SMILES string of the molecule is c1ccc(-c2nc(-c3cccc(N4c5ccccc5-c5ccccc5-n5c4cc4ccc6ccccc6c45)c3)nc3c2oc2ccccc23)cc1.c1ccc(-c2nc(-c3cccc(N4c5ccccc5-c5ccccc5-n5c4cc4ccccc45)c3)nc3c2sc2ccccc23)cc1. The van der Waals surface area contributed by atoms with Gasteiger partial charge in [-0.25, -0.2) is 19.9 Å². The summed E-state index contributed by atoms with van der Waals surface area (Å²) in [5.74, 6) is 3.52. The number of hydrogen-bond donors (Lipinski definition) is 0. The minimum atomic E-state index is 0.646. The number of hydrogen-bond acceptors (Lipinski definition) is 8. The van der Waals surface area contributed by atoms with Crippen molar-refractivity contribution in [1.29, 1.82) is 0 Å². The van der Waals surface area contributed by atoms with Gasteiger partial charge >= 0.3 is 0 Å². The highest BCUT2D eigenvalue weighted by Gasteiger charge is 2.31. The Kier molecular flexibility index (Phi) is 12.6. The number of fused-ring (bicyclic) bond motifs is 22. The summed E-state index contributed by atoms with van der Waals surface area (Å²) < 4.78 is 13.6. The van der Waals surface area contributed by atoms with E-state index < -0.39 is 0 Å². The van der Waals surface area contributed by atoms with Crippen LogP contribution in [0.3, 0.4) is 0 Å². The second kappa shape index (κ2) is 22.3. The lowest BCUT2D eigenvalue weighted by Crippen LogP contribution is -2.13. The molecule has 19 aromatic rings. The van der Waals surface area contributed by atoms with E-state index >= 15 is 0 Å². The predicted molar refractivity (Wildman–Crippen MR) is 405 cm³/mol. The number of anilines is 6. The topological polar surface area (TPSA) is 81.0 Å². The van der Waals surface area contributed by atoms with Crippen LogP contribution in [0, 0.1) is 0 Å². The van der Waals surface area contributed by atoms with Crippen LogP contribution in [-0.2, 0) is 0 Å². The van der Waals surface area contributed by atoms with Gasteiger partial charge in [-0.05, 0) is 90.3 Å².